The molecule has 1 aliphatic rings. The molecule has 28 heavy (non-hydrogen) atoms. The predicted octanol–water partition coefficient (Wildman–Crippen LogP) is 4.35. The van der Waals surface area contributed by atoms with Crippen LogP contribution in [0.5, 0.6) is 0 Å². The van der Waals surface area contributed by atoms with Gasteiger partial charge >= 0.3 is 5.97 Å². The summed E-state index contributed by atoms with van der Waals surface area (Å²) in [5.41, 5.74) is 1.67. The number of nitrogens with zero attached hydrogens (tertiary/aromatic N) is 4. The average molecular weight is 415 g/mol. The van der Waals surface area contributed by atoms with Gasteiger partial charge in [0.1, 0.15) is 0 Å². The van der Waals surface area contributed by atoms with E-state index >= 15 is 0 Å². The van der Waals surface area contributed by atoms with Crippen molar-refractivity contribution in [2.45, 2.75) is 32.1 Å². The predicted molar refractivity (Wildman–Crippen MR) is 112 cm³/mol. The number of esters is 1. The number of carbonyl (C=O) groups excluding carboxylic acids is 1. The zero-order valence-corrected chi connectivity index (χ0v) is 17.5. The van der Waals surface area contributed by atoms with E-state index in [0.29, 0.717) is 18.3 Å². The number of hydrogen-bond acceptors (Lipinski definition) is 6. The minimum atomic E-state index is -0.321. The quantitative estimate of drug-likeness (QED) is 0.425. The van der Waals surface area contributed by atoms with Crippen LogP contribution in [0.3, 0.4) is 0 Å². The first kappa shape index (κ1) is 19.0. The van der Waals surface area contributed by atoms with Crippen LogP contribution in [-0.2, 0) is 18.0 Å². The number of thiophene rings is 1. The van der Waals surface area contributed by atoms with Crippen LogP contribution in [0.1, 0.15) is 34.8 Å². The van der Waals surface area contributed by atoms with Gasteiger partial charge in [-0.1, -0.05) is 18.2 Å². The van der Waals surface area contributed by atoms with E-state index in [1.165, 1.54) is 20.0 Å². The normalized spacial score (nSPS) is 13.8. The lowest BCUT2D eigenvalue weighted by molar-refractivity contribution is 0.0600. The van der Waals surface area contributed by atoms with Crippen molar-refractivity contribution in [2.24, 2.45) is 0 Å². The molecule has 0 aliphatic heterocycles. The monoisotopic (exact) mass is 414 g/mol. The van der Waals surface area contributed by atoms with E-state index < -0.39 is 0 Å². The number of hydrogen-bond donors (Lipinski definition) is 0. The van der Waals surface area contributed by atoms with Crippen LogP contribution in [-0.4, -0.2) is 39.4 Å². The average Bonchev–Trinajstić information content (AvgIpc) is 3.27. The summed E-state index contributed by atoms with van der Waals surface area (Å²) in [6.45, 7) is 1.34. The summed E-state index contributed by atoms with van der Waals surface area (Å²) >= 11 is 7.43. The second-order valence-electron chi connectivity index (χ2n) is 7.03. The Morgan fingerprint density at radius 1 is 1.32 bits per heavy atom. The van der Waals surface area contributed by atoms with Crippen molar-refractivity contribution in [3.8, 4) is 10.7 Å². The fraction of sp³-hybridized carbons (Fsp3) is 0.350. The van der Waals surface area contributed by atoms with Gasteiger partial charge in [-0.15, -0.1) is 16.4 Å². The molecule has 1 fully saturated rings. The summed E-state index contributed by atoms with van der Waals surface area (Å²) in [5.74, 6) is 0.649. The number of aromatic nitrogens is 3. The summed E-state index contributed by atoms with van der Waals surface area (Å²) in [4.78, 5) is 14.9. The van der Waals surface area contributed by atoms with Crippen LogP contribution >= 0.6 is 23.6 Å². The minimum Gasteiger partial charge on any atom is -0.465 e. The standard InChI is InChI=1S/C20H22N4O2S2/c1-22(12-14-5-7-15(8-6-14)19(25)26-2)13-23-20(27)24(16-9-10-16)18(21-23)17-4-3-11-28-17/h3-8,11,16H,9-10,12-13H2,1-2H3. The third-order valence-electron chi connectivity index (χ3n) is 4.73. The summed E-state index contributed by atoms with van der Waals surface area (Å²) in [7, 11) is 3.43. The summed E-state index contributed by atoms with van der Waals surface area (Å²) in [6, 6.07) is 12.1. The fourth-order valence-electron chi connectivity index (χ4n) is 3.20. The summed E-state index contributed by atoms with van der Waals surface area (Å²) < 4.78 is 9.64. The number of benzene rings is 1. The molecule has 8 heteroatoms. The van der Waals surface area contributed by atoms with E-state index in [0.717, 1.165) is 27.6 Å². The van der Waals surface area contributed by atoms with E-state index in [2.05, 4.69) is 20.9 Å². The molecule has 1 saturated carbocycles. The van der Waals surface area contributed by atoms with Crippen molar-refractivity contribution in [1.82, 2.24) is 19.2 Å². The Labute approximate surface area is 173 Å². The third-order valence-corrected chi connectivity index (χ3v) is 6.00. The van der Waals surface area contributed by atoms with Gasteiger partial charge in [0.25, 0.3) is 0 Å². The molecule has 2 aromatic heterocycles. The highest BCUT2D eigenvalue weighted by atomic mass is 32.1. The molecule has 0 bridgehead atoms. The summed E-state index contributed by atoms with van der Waals surface area (Å²) in [6.07, 6.45) is 2.33. The lowest BCUT2D eigenvalue weighted by Gasteiger charge is -2.16. The van der Waals surface area contributed by atoms with Gasteiger partial charge in [-0.25, -0.2) is 9.48 Å². The molecule has 2 heterocycles. The second kappa shape index (κ2) is 7.98. The van der Waals surface area contributed by atoms with Crippen LogP contribution in [0.2, 0.25) is 0 Å². The molecule has 1 aliphatic carbocycles. The molecule has 146 valence electrons. The van der Waals surface area contributed by atoms with Gasteiger partial charge in [-0.05, 0) is 61.2 Å². The second-order valence-corrected chi connectivity index (χ2v) is 8.34. The van der Waals surface area contributed by atoms with E-state index in [-0.39, 0.29) is 5.97 Å². The van der Waals surface area contributed by atoms with Crippen molar-refractivity contribution in [2.75, 3.05) is 14.2 Å². The van der Waals surface area contributed by atoms with Gasteiger partial charge in [0.15, 0.2) is 10.6 Å². The Morgan fingerprint density at radius 3 is 2.68 bits per heavy atom. The maximum absolute atomic E-state index is 11.6. The van der Waals surface area contributed by atoms with Crippen molar-refractivity contribution in [3.05, 3.63) is 57.7 Å². The highest BCUT2D eigenvalue weighted by Crippen LogP contribution is 2.39. The number of carbonyl (C=O) groups is 1. The Kier molecular flexibility index (Phi) is 5.43. The smallest absolute Gasteiger partial charge is 0.337 e. The van der Waals surface area contributed by atoms with Crippen LogP contribution in [0, 0.1) is 4.77 Å². The Hall–Kier alpha value is -2.29. The fourth-order valence-corrected chi connectivity index (χ4v) is 4.24. The van der Waals surface area contributed by atoms with Gasteiger partial charge in [0, 0.05) is 12.6 Å². The number of rotatable bonds is 7. The highest BCUT2D eigenvalue weighted by molar-refractivity contribution is 7.71. The van der Waals surface area contributed by atoms with Crippen LogP contribution in [0.4, 0.5) is 0 Å². The Morgan fingerprint density at radius 2 is 2.07 bits per heavy atom. The van der Waals surface area contributed by atoms with Gasteiger partial charge in [-0.2, -0.15) is 0 Å². The first-order valence-electron chi connectivity index (χ1n) is 9.16. The Balaban J connectivity index is 1.50. The van der Waals surface area contributed by atoms with Crippen LogP contribution in [0.15, 0.2) is 41.8 Å². The number of ether oxygens (including phenoxy) is 1. The molecule has 0 saturated heterocycles. The van der Waals surface area contributed by atoms with Crippen molar-refractivity contribution in [1.29, 1.82) is 0 Å². The molecule has 0 atom stereocenters. The van der Waals surface area contributed by atoms with Crippen LogP contribution < -0.4 is 0 Å². The molecule has 0 spiro atoms. The molecule has 0 unspecified atom stereocenters. The molecule has 3 aromatic rings. The molecular weight excluding hydrogens is 392 g/mol. The lowest BCUT2D eigenvalue weighted by Crippen LogP contribution is -2.22. The topological polar surface area (TPSA) is 52.3 Å². The largest absolute Gasteiger partial charge is 0.465 e. The van der Waals surface area contributed by atoms with Gasteiger partial charge < -0.3 is 4.74 Å². The zero-order valence-electron chi connectivity index (χ0n) is 15.9. The molecule has 4 rings (SSSR count). The maximum atomic E-state index is 11.6. The van der Waals surface area contributed by atoms with E-state index in [1.807, 2.05) is 29.9 Å². The number of methoxy groups -OCH3 is 1. The summed E-state index contributed by atoms with van der Waals surface area (Å²) in [5, 5.41) is 6.89. The SMILES string of the molecule is COC(=O)c1ccc(CN(C)Cn2nc(-c3cccs3)n(C3CC3)c2=S)cc1. The first-order valence-corrected chi connectivity index (χ1v) is 10.4. The van der Waals surface area contributed by atoms with Crippen LogP contribution in [0.25, 0.3) is 10.7 Å². The molecule has 6 nitrogen and oxygen atoms in total. The van der Waals surface area contributed by atoms with E-state index in [1.54, 1.807) is 23.5 Å². The third kappa shape index (κ3) is 3.94. The molecule has 0 amide bonds. The van der Waals surface area contributed by atoms with Gasteiger partial charge in [0.2, 0.25) is 0 Å². The maximum Gasteiger partial charge on any atom is 0.337 e. The Bertz CT molecular complexity index is 1020. The minimum absolute atomic E-state index is 0.321. The van der Waals surface area contributed by atoms with Crippen molar-refractivity contribution < 1.29 is 9.53 Å². The van der Waals surface area contributed by atoms with Crippen molar-refractivity contribution >= 4 is 29.5 Å². The molecule has 0 radical (unpaired) electrons. The molecule has 1 aromatic carbocycles. The zero-order chi connectivity index (χ0) is 19.7. The van der Waals surface area contributed by atoms with E-state index in [4.69, 9.17) is 22.1 Å². The molecule has 0 N–H and O–H groups in total. The van der Waals surface area contributed by atoms with Gasteiger partial charge in [0.05, 0.1) is 24.2 Å². The van der Waals surface area contributed by atoms with E-state index in [9.17, 15) is 4.79 Å². The first-order chi connectivity index (χ1) is 13.6. The van der Waals surface area contributed by atoms with Gasteiger partial charge in [-0.3, -0.25) is 9.47 Å². The lowest BCUT2D eigenvalue weighted by atomic mass is 10.1. The highest BCUT2D eigenvalue weighted by Gasteiger charge is 2.29. The molecular formula is C20H22N4O2S2. The van der Waals surface area contributed by atoms with Crippen molar-refractivity contribution in [3.63, 3.8) is 0 Å².